The van der Waals surface area contributed by atoms with E-state index in [9.17, 15) is 4.79 Å². The highest BCUT2D eigenvalue weighted by molar-refractivity contribution is 5.94. The number of H-pyrrole nitrogens is 1. The number of aromatic nitrogens is 5. The molecule has 3 heterocycles. The van der Waals surface area contributed by atoms with E-state index in [0.29, 0.717) is 17.9 Å². The predicted octanol–water partition coefficient (Wildman–Crippen LogP) is 3.65. The number of benzene rings is 1. The number of para-hydroxylation sites is 1. The fourth-order valence-corrected chi connectivity index (χ4v) is 4.30. The number of anilines is 1. The van der Waals surface area contributed by atoms with Crippen LogP contribution in [0.25, 0.3) is 10.9 Å². The molecule has 8 heteroatoms. The van der Waals surface area contributed by atoms with E-state index in [1.165, 1.54) is 0 Å². The minimum atomic E-state index is -0.337. The second-order valence-electron chi connectivity index (χ2n) is 8.58. The van der Waals surface area contributed by atoms with E-state index in [1.807, 2.05) is 71.2 Å². The molecular formula is C25H31N7O. The number of carbonyl (C=O) groups is 1. The third-order valence-electron chi connectivity index (χ3n) is 6.00. The van der Waals surface area contributed by atoms with E-state index in [0.717, 1.165) is 45.7 Å². The second-order valence-corrected chi connectivity index (χ2v) is 8.58. The Kier molecular flexibility index (Phi) is 6.18. The lowest BCUT2D eigenvalue weighted by Crippen LogP contribution is -2.32. The van der Waals surface area contributed by atoms with Crippen LogP contribution in [0.5, 0.6) is 0 Å². The van der Waals surface area contributed by atoms with Crippen LogP contribution in [0.4, 0.5) is 5.82 Å². The lowest BCUT2D eigenvalue weighted by Gasteiger charge is -2.21. The third-order valence-corrected chi connectivity index (χ3v) is 6.00. The van der Waals surface area contributed by atoms with Gasteiger partial charge in [-0.3, -0.25) is 9.48 Å². The highest BCUT2D eigenvalue weighted by Crippen LogP contribution is 2.26. The van der Waals surface area contributed by atoms with E-state index in [1.54, 1.807) is 4.68 Å². The number of fused-ring (bicyclic) bond motifs is 1. The molecule has 1 aromatic carbocycles. The molecule has 3 aromatic heterocycles. The molecule has 0 bridgehead atoms. The average Bonchev–Trinajstić information content (AvgIpc) is 3.32. The van der Waals surface area contributed by atoms with Crippen LogP contribution < -0.4 is 10.2 Å². The summed E-state index contributed by atoms with van der Waals surface area (Å²) in [6.07, 6.45) is 3.38. The van der Waals surface area contributed by atoms with Gasteiger partial charge in [0.2, 0.25) is 0 Å². The maximum Gasteiger partial charge on any atom is 0.270 e. The van der Waals surface area contributed by atoms with Crippen molar-refractivity contribution in [2.24, 2.45) is 7.05 Å². The molecule has 4 aromatic rings. The summed E-state index contributed by atoms with van der Waals surface area (Å²) < 4.78 is 1.67. The standard InChI is InChI=1S/C25H31N7O/c1-7-19-15(2)24(32(6)30-19)25(33)29-21(22-13-23(31(4)5)28-16(3)27-22)12-17-14-26-20-11-9-8-10-18(17)20/h8-11,13-14,21,26H,7,12H2,1-6H3,(H,29,33)/t21-/m0/s1. The van der Waals surface area contributed by atoms with Crippen LogP contribution in [0, 0.1) is 13.8 Å². The van der Waals surface area contributed by atoms with Gasteiger partial charge in [-0.1, -0.05) is 25.1 Å². The SMILES string of the molecule is CCc1nn(C)c(C(=O)N[C@@H](Cc2c[nH]c3ccccc23)c2cc(N(C)C)nc(C)n2)c1C. The van der Waals surface area contributed by atoms with Crippen molar-refractivity contribution in [2.45, 2.75) is 39.7 Å². The molecule has 0 radical (unpaired) electrons. The van der Waals surface area contributed by atoms with Crippen molar-refractivity contribution in [3.63, 3.8) is 0 Å². The van der Waals surface area contributed by atoms with Crippen molar-refractivity contribution < 1.29 is 4.79 Å². The number of nitrogens with one attached hydrogen (secondary N) is 2. The summed E-state index contributed by atoms with van der Waals surface area (Å²) in [4.78, 5) is 28.0. The van der Waals surface area contributed by atoms with Crippen LogP contribution in [0.3, 0.4) is 0 Å². The molecule has 33 heavy (non-hydrogen) atoms. The Morgan fingerprint density at radius 1 is 1.21 bits per heavy atom. The molecule has 2 N–H and O–H groups in total. The number of aromatic amines is 1. The van der Waals surface area contributed by atoms with Crippen molar-refractivity contribution in [1.82, 2.24) is 30.0 Å². The van der Waals surface area contributed by atoms with E-state index in [2.05, 4.69) is 32.5 Å². The summed E-state index contributed by atoms with van der Waals surface area (Å²) in [6.45, 7) is 5.87. The maximum atomic E-state index is 13.5. The van der Waals surface area contributed by atoms with Gasteiger partial charge in [0.05, 0.1) is 17.4 Å². The molecule has 0 saturated heterocycles. The summed E-state index contributed by atoms with van der Waals surface area (Å²) in [7, 11) is 5.71. The van der Waals surface area contributed by atoms with Crippen molar-refractivity contribution >= 4 is 22.6 Å². The lowest BCUT2D eigenvalue weighted by molar-refractivity contribution is 0.0925. The highest BCUT2D eigenvalue weighted by Gasteiger charge is 2.24. The Morgan fingerprint density at radius 3 is 2.67 bits per heavy atom. The van der Waals surface area contributed by atoms with Crippen molar-refractivity contribution in [3.8, 4) is 0 Å². The van der Waals surface area contributed by atoms with Gasteiger partial charge in [0.1, 0.15) is 17.3 Å². The zero-order valence-corrected chi connectivity index (χ0v) is 20.1. The van der Waals surface area contributed by atoms with Gasteiger partial charge in [0.15, 0.2) is 0 Å². The van der Waals surface area contributed by atoms with Crippen LogP contribution in [-0.2, 0) is 19.9 Å². The van der Waals surface area contributed by atoms with Gasteiger partial charge in [-0.2, -0.15) is 5.10 Å². The second kappa shape index (κ2) is 9.05. The molecule has 172 valence electrons. The van der Waals surface area contributed by atoms with Gasteiger partial charge in [-0.25, -0.2) is 9.97 Å². The Labute approximate surface area is 194 Å². The first-order chi connectivity index (χ1) is 15.8. The van der Waals surface area contributed by atoms with Crippen LogP contribution in [0.2, 0.25) is 0 Å². The number of rotatable bonds is 7. The quantitative estimate of drug-likeness (QED) is 0.453. The van der Waals surface area contributed by atoms with Crippen molar-refractivity contribution in [3.05, 3.63) is 70.6 Å². The molecule has 0 fully saturated rings. The van der Waals surface area contributed by atoms with Gasteiger partial charge in [-0.15, -0.1) is 0 Å². The smallest absolute Gasteiger partial charge is 0.270 e. The first-order valence-electron chi connectivity index (χ1n) is 11.2. The molecule has 1 atom stereocenters. The van der Waals surface area contributed by atoms with Crippen molar-refractivity contribution in [2.75, 3.05) is 19.0 Å². The first-order valence-corrected chi connectivity index (χ1v) is 11.2. The fraction of sp³-hybridized carbons (Fsp3) is 0.360. The Morgan fingerprint density at radius 2 is 1.97 bits per heavy atom. The Hall–Kier alpha value is -3.68. The van der Waals surface area contributed by atoms with E-state index < -0.39 is 0 Å². The van der Waals surface area contributed by atoms with Gasteiger partial charge in [0, 0.05) is 56.3 Å². The minimum Gasteiger partial charge on any atom is -0.363 e. The van der Waals surface area contributed by atoms with E-state index in [-0.39, 0.29) is 11.9 Å². The average molecular weight is 446 g/mol. The predicted molar refractivity (Wildman–Crippen MR) is 131 cm³/mol. The largest absolute Gasteiger partial charge is 0.363 e. The van der Waals surface area contributed by atoms with Crippen molar-refractivity contribution in [1.29, 1.82) is 0 Å². The van der Waals surface area contributed by atoms with E-state index in [4.69, 9.17) is 4.98 Å². The molecular weight excluding hydrogens is 414 g/mol. The molecule has 0 spiro atoms. The Bertz CT molecular complexity index is 1300. The minimum absolute atomic E-state index is 0.158. The number of hydrogen-bond donors (Lipinski definition) is 2. The molecule has 8 nitrogen and oxygen atoms in total. The first kappa shape index (κ1) is 22.5. The maximum absolute atomic E-state index is 13.5. The van der Waals surface area contributed by atoms with Gasteiger partial charge in [0.25, 0.3) is 5.91 Å². The van der Waals surface area contributed by atoms with Crippen LogP contribution >= 0.6 is 0 Å². The van der Waals surface area contributed by atoms with Crippen LogP contribution in [0.1, 0.15) is 51.8 Å². The van der Waals surface area contributed by atoms with Crippen LogP contribution in [-0.4, -0.2) is 44.7 Å². The highest BCUT2D eigenvalue weighted by atomic mass is 16.2. The number of hydrogen-bond acceptors (Lipinski definition) is 5. The lowest BCUT2D eigenvalue weighted by atomic mass is 10.0. The number of nitrogens with zero attached hydrogens (tertiary/aromatic N) is 5. The van der Waals surface area contributed by atoms with Gasteiger partial charge >= 0.3 is 0 Å². The molecule has 1 amide bonds. The summed E-state index contributed by atoms with van der Waals surface area (Å²) in [5.74, 6) is 1.31. The summed E-state index contributed by atoms with van der Waals surface area (Å²) >= 11 is 0. The third kappa shape index (κ3) is 4.46. The molecule has 0 unspecified atom stereocenters. The summed E-state index contributed by atoms with van der Waals surface area (Å²) in [5.41, 5.74) is 5.39. The van der Waals surface area contributed by atoms with Crippen LogP contribution in [0.15, 0.2) is 36.5 Å². The zero-order valence-electron chi connectivity index (χ0n) is 20.1. The molecule has 4 rings (SSSR count). The molecule has 0 saturated carbocycles. The number of aryl methyl sites for hydroxylation is 3. The summed E-state index contributed by atoms with van der Waals surface area (Å²) in [5, 5.41) is 8.90. The molecule has 0 aliphatic heterocycles. The van der Waals surface area contributed by atoms with Gasteiger partial charge in [-0.05, 0) is 31.9 Å². The Balaban J connectivity index is 1.75. The monoisotopic (exact) mass is 445 g/mol. The molecule has 0 aliphatic rings. The number of amides is 1. The van der Waals surface area contributed by atoms with Gasteiger partial charge < -0.3 is 15.2 Å². The topological polar surface area (TPSA) is 91.7 Å². The zero-order chi connectivity index (χ0) is 23.7. The van der Waals surface area contributed by atoms with E-state index >= 15 is 0 Å². The fourth-order valence-electron chi connectivity index (χ4n) is 4.30. The summed E-state index contributed by atoms with van der Waals surface area (Å²) in [6, 6.07) is 9.79. The normalized spacial score (nSPS) is 12.2. The number of carbonyl (C=O) groups excluding carboxylic acids is 1. The molecule has 0 aliphatic carbocycles.